The minimum Gasteiger partial charge on any atom is -0.347 e. The molecule has 24 heavy (non-hydrogen) atoms. The first-order valence-corrected chi connectivity index (χ1v) is 10.9. The van der Waals surface area contributed by atoms with Gasteiger partial charge in [0.25, 0.3) is 5.91 Å². The van der Waals surface area contributed by atoms with Crippen LogP contribution in [0.15, 0.2) is 26.1 Å². The van der Waals surface area contributed by atoms with Crippen molar-refractivity contribution in [1.29, 1.82) is 0 Å². The van der Waals surface area contributed by atoms with Crippen LogP contribution >= 0.6 is 46.0 Å². The van der Waals surface area contributed by atoms with Crippen molar-refractivity contribution in [3.8, 4) is 0 Å². The second-order valence-corrected chi connectivity index (χ2v) is 10.1. The summed E-state index contributed by atoms with van der Waals surface area (Å²) in [5.74, 6) is 0.676. The molecule has 2 unspecified atom stereocenters. The Morgan fingerprint density at radius 2 is 2.21 bits per heavy atom. The predicted molar refractivity (Wildman–Crippen MR) is 101 cm³/mol. The van der Waals surface area contributed by atoms with E-state index in [1.165, 1.54) is 48.6 Å². The molecular formula is C16H18ClN3OS3. The first kappa shape index (κ1) is 16.8. The van der Waals surface area contributed by atoms with Crippen molar-refractivity contribution in [2.45, 2.75) is 40.4 Å². The highest BCUT2D eigenvalue weighted by atomic mass is 35.5. The number of hydrogen-bond donors (Lipinski definition) is 1. The molecule has 5 rings (SSSR count). The summed E-state index contributed by atoms with van der Waals surface area (Å²) in [5, 5.41) is 5.63. The molecule has 1 N–H and O–H groups in total. The fourth-order valence-corrected chi connectivity index (χ4v) is 6.89. The molecule has 0 saturated carbocycles. The smallest absolute Gasteiger partial charge is 0.261 e. The highest BCUT2D eigenvalue weighted by molar-refractivity contribution is 8.02. The van der Waals surface area contributed by atoms with E-state index in [2.05, 4.69) is 22.1 Å². The first-order valence-electron chi connectivity index (χ1n) is 8.04. The summed E-state index contributed by atoms with van der Waals surface area (Å²) in [6.45, 7) is 4.58. The monoisotopic (exact) mass is 399 g/mol. The van der Waals surface area contributed by atoms with E-state index in [0.717, 1.165) is 13.4 Å². The zero-order valence-electron chi connectivity index (χ0n) is 13.2. The summed E-state index contributed by atoms with van der Waals surface area (Å²) < 4.78 is 1.97. The van der Waals surface area contributed by atoms with Crippen molar-refractivity contribution in [3.63, 3.8) is 0 Å². The number of fused-ring (bicyclic) bond motifs is 3. The van der Waals surface area contributed by atoms with E-state index in [1.807, 2.05) is 17.5 Å². The average Bonchev–Trinajstić information content (AvgIpc) is 3.21. The normalized spacial score (nSPS) is 28.9. The Balaban J connectivity index is 1.41. The van der Waals surface area contributed by atoms with E-state index in [0.29, 0.717) is 17.1 Å². The van der Waals surface area contributed by atoms with Crippen molar-refractivity contribution >= 4 is 51.9 Å². The number of carbonyl (C=O) groups is 1. The number of thiazole rings is 1. The van der Waals surface area contributed by atoms with Crippen molar-refractivity contribution in [2.75, 3.05) is 13.1 Å². The number of rotatable bonds is 4. The third-order valence-corrected chi connectivity index (χ3v) is 8.40. The van der Waals surface area contributed by atoms with E-state index < -0.39 is 0 Å². The zero-order chi connectivity index (χ0) is 16.7. The fraction of sp³-hybridized carbons (Fsp3) is 0.500. The Morgan fingerprint density at radius 3 is 2.88 bits per heavy atom. The minimum absolute atomic E-state index is 0.0506. The molecule has 5 heterocycles. The highest BCUT2D eigenvalue weighted by Gasteiger charge is 2.40. The SMILES string of the molecule is CC1C(NC(=O)c2ccc(Sc3nc(Cl)cs3)s2)C2CCN1CC2. The van der Waals surface area contributed by atoms with Crippen LogP contribution in [0.4, 0.5) is 0 Å². The Morgan fingerprint density at radius 1 is 1.42 bits per heavy atom. The Bertz CT molecular complexity index is 737. The number of piperidine rings is 3. The topological polar surface area (TPSA) is 45.2 Å². The highest BCUT2D eigenvalue weighted by Crippen LogP contribution is 2.36. The molecule has 128 valence electrons. The van der Waals surface area contributed by atoms with Crippen molar-refractivity contribution < 1.29 is 4.79 Å². The Kier molecular flexibility index (Phi) is 4.88. The molecule has 2 aromatic heterocycles. The molecule has 4 nitrogen and oxygen atoms in total. The summed E-state index contributed by atoms with van der Waals surface area (Å²) in [6.07, 6.45) is 2.40. The van der Waals surface area contributed by atoms with Gasteiger partial charge in [-0.05, 0) is 62.7 Å². The Hall–Kier alpha value is -0.600. The molecule has 2 atom stereocenters. The van der Waals surface area contributed by atoms with Gasteiger partial charge >= 0.3 is 0 Å². The van der Waals surface area contributed by atoms with Gasteiger partial charge in [0.2, 0.25) is 0 Å². The summed E-state index contributed by atoms with van der Waals surface area (Å²) in [5.41, 5.74) is 0. The van der Waals surface area contributed by atoms with Crippen LogP contribution in [0.5, 0.6) is 0 Å². The van der Waals surface area contributed by atoms with Gasteiger partial charge in [0.05, 0.1) is 9.09 Å². The van der Waals surface area contributed by atoms with Gasteiger partial charge in [-0.3, -0.25) is 9.69 Å². The Labute approximate surface area is 158 Å². The van der Waals surface area contributed by atoms with Crippen LogP contribution in [0.3, 0.4) is 0 Å². The molecule has 3 fully saturated rings. The summed E-state index contributed by atoms with van der Waals surface area (Å²) in [6, 6.07) is 4.60. The van der Waals surface area contributed by atoms with Crippen LogP contribution in [-0.2, 0) is 0 Å². The molecule has 2 aromatic rings. The van der Waals surface area contributed by atoms with Gasteiger partial charge in [-0.25, -0.2) is 4.98 Å². The van der Waals surface area contributed by atoms with E-state index in [-0.39, 0.29) is 11.9 Å². The quantitative estimate of drug-likeness (QED) is 0.835. The lowest BCUT2D eigenvalue weighted by Gasteiger charge is -2.49. The molecule has 0 radical (unpaired) electrons. The number of halogens is 1. The number of thiophene rings is 1. The molecule has 0 aliphatic carbocycles. The molecule has 0 spiro atoms. The van der Waals surface area contributed by atoms with Crippen LogP contribution in [0.25, 0.3) is 0 Å². The molecule has 3 aliphatic heterocycles. The van der Waals surface area contributed by atoms with Gasteiger partial charge in [0.1, 0.15) is 5.15 Å². The lowest BCUT2D eigenvalue weighted by molar-refractivity contribution is 0.0218. The molecule has 0 aromatic carbocycles. The number of amides is 1. The van der Waals surface area contributed by atoms with Gasteiger partial charge in [0.15, 0.2) is 4.34 Å². The predicted octanol–water partition coefficient (Wildman–Crippen LogP) is 4.22. The van der Waals surface area contributed by atoms with Crippen molar-refractivity contribution in [1.82, 2.24) is 15.2 Å². The number of hydrogen-bond acceptors (Lipinski definition) is 6. The summed E-state index contributed by atoms with van der Waals surface area (Å²) in [7, 11) is 0. The van der Waals surface area contributed by atoms with Gasteiger partial charge in [-0.15, -0.1) is 22.7 Å². The molecule has 8 heteroatoms. The van der Waals surface area contributed by atoms with Gasteiger partial charge < -0.3 is 5.32 Å². The van der Waals surface area contributed by atoms with Crippen LogP contribution < -0.4 is 5.32 Å². The second-order valence-electron chi connectivity index (χ2n) is 6.27. The lowest BCUT2D eigenvalue weighted by atomic mass is 9.79. The summed E-state index contributed by atoms with van der Waals surface area (Å²) >= 11 is 10.5. The molecule has 2 bridgehead atoms. The van der Waals surface area contributed by atoms with E-state index >= 15 is 0 Å². The van der Waals surface area contributed by atoms with Crippen molar-refractivity contribution in [3.05, 3.63) is 27.5 Å². The second kappa shape index (κ2) is 6.96. The number of nitrogens with one attached hydrogen (secondary N) is 1. The third-order valence-electron chi connectivity index (χ3n) is 4.92. The fourth-order valence-electron chi connectivity index (χ4n) is 3.64. The number of carbonyl (C=O) groups excluding carboxylic acids is 1. The number of nitrogens with zero attached hydrogens (tertiary/aromatic N) is 2. The first-order chi connectivity index (χ1) is 11.6. The maximum absolute atomic E-state index is 12.6. The van der Waals surface area contributed by atoms with Crippen LogP contribution in [0.2, 0.25) is 5.15 Å². The van der Waals surface area contributed by atoms with Gasteiger partial charge in [-0.2, -0.15) is 0 Å². The van der Waals surface area contributed by atoms with E-state index in [4.69, 9.17) is 11.6 Å². The van der Waals surface area contributed by atoms with E-state index in [1.54, 1.807) is 11.8 Å². The molecule has 3 saturated heterocycles. The maximum Gasteiger partial charge on any atom is 0.261 e. The molecule has 1 amide bonds. The van der Waals surface area contributed by atoms with Crippen molar-refractivity contribution in [2.24, 2.45) is 5.92 Å². The maximum atomic E-state index is 12.6. The largest absolute Gasteiger partial charge is 0.347 e. The van der Waals surface area contributed by atoms with Crippen LogP contribution in [-0.4, -0.2) is 41.0 Å². The lowest BCUT2D eigenvalue weighted by Crippen LogP contribution is -2.62. The zero-order valence-corrected chi connectivity index (χ0v) is 16.4. The molecular weight excluding hydrogens is 382 g/mol. The third kappa shape index (κ3) is 3.37. The van der Waals surface area contributed by atoms with Gasteiger partial charge in [0, 0.05) is 17.5 Å². The van der Waals surface area contributed by atoms with Crippen LogP contribution in [0, 0.1) is 5.92 Å². The van der Waals surface area contributed by atoms with Crippen LogP contribution in [0.1, 0.15) is 29.4 Å². The standard InChI is InChI=1S/C16H18ClN3OS3/c1-9-14(10-4-6-20(9)7-5-10)19-15(21)11-2-3-13(23-11)24-16-18-12(17)8-22-16/h2-3,8-10,14H,4-7H2,1H3,(H,19,21). The van der Waals surface area contributed by atoms with E-state index in [9.17, 15) is 4.79 Å². The van der Waals surface area contributed by atoms with Gasteiger partial charge in [-0.1, -0.05) is 11.6 Å². The minimum atomic E-state index is 0.0506. The number of aromatic nitrogens is 1. The average molecular weight is 400 g/mol. The molecule has 3 aliphatic rings. The summed E-state index contributed by atoms with van der Waals surface area (Å²) in [4.78, 5) is 20.1.